The molecule has 0 radical (unpaired) electrons. The second-order valence-corrected chi connectivity index (χ2v) is 4.51. The van der Waals surface area contributed by atoms with Gasteiger partial charge in [0.25, 0.3) is 0 Å². The zero-order valence-corrected chi connectivity index (χ0v) is 8.09. The van der Waals surface area contributed by atoms with E-state index < -0.39 is 0 Å². The van der Waals surface area contributed by atoms with Crippen LogP contribution in [0.5, 0.6) is 0 Å². The average molecular weight is 242 g/mol. The SMILES string of the molecule is COC1CCN([I-]C)C1. The van der Waals surface area contributed by atoms with Gasteiger partial charge in [-0.2, -0.15) is 0 Å². The Bertz CT molecular complexity index is 79.1. The Morgan fingerprint density at radius 1 is 1.67 bits per heavy atom. The number of alkyl halides is 1. The zero-order chi connectivity index (χ0) is 6.69. The van der Waals surface area contributed by atoms with Crippen molar-refractivity contribution in [3.63, 3.8) is 0 Å². The number of halogens is 1. The van der Waals surface area contributed by atoms with Crippen LogP contribution < -0.4 is 21.5 Å². The fraction of sp³-hybridized carbons (Fsp3) is 1.00. The summed E-state index contributed by atoms with van der Waals surface area (Å²) in [6.07, 6.45) is 1.77. The van der Waals surface area contributed by atoms with Crippen LogP contribution in [0.15, 0.2) is 0 Å². The normalized spacial score (nSPS) is 29.8. The van der Waals surface area contributed by atoms with Crippen LogP contribution in [0.3, 0.4) is 0 Å². The Morgan fingerprint density at radius 2 is 2.44 bits per heavy atom. The Labute approximate surface area is 67.2 Å². The van der Waals surface area contributed by atoms with E-state index in [0.717, 1.165) is 0 Å². The third-order valence-corrected chi connectivity index (χ3v) is 3.91. The summed E-state index contributed by atoms with van der Waals surface area (Å²) in [6.45, 7) is 2.45. The van der Waals surface area contributed by atoms with Crippen LogP contribution in [0.4, 0.5) is 0 Å². The summed E-state index contributed by atoms with van der Waals surface area (Å²) >= 11 is 0.324. The van der Waals surface area contributed by atoms with Crippen molar-refractivity contribution < 1.29 is 26.2 Å². The molecule has 9 heavy (non-hydrogen) atoms. The van der Waals surface area contributed by atoms with E-state index in [1.54, 1.807) is 0 Å². The van der Waals surface area contributed by atoms with Crippen molar-refractivity contribution in [1.29, 1.82) is 0 Å². The van der Waals surface area contributed by atoms with E-state index in [2.05, 4.69) is 8.04 Å². The molecular weight excluding hydrogens is 229 g/mol. The molecule has 0 spiro atoms. The Balaban J connectivity index is 2.20. The van der Waals surface area contributed by atoms with Gasteiger partial charge in [0.2, 0.25) is 0 Å². The predicted octanol–water partition coefficient (Wildman–Crippen LogP) is -2.66. The van der Waals surface area contributed by atoms with Crippen molar-refractivity contribution in [3.8, 4) is 0 Å². The fourth-order valence-corrected chi connectivity index (χ4v) is 2.63. The summed E-state index contributed by atoms with van der Waals surface area (Å²) in [5, 5.41) is 0. The molecule has 0 bridgehead atoms. The van der Waals surface area contributed by atoms with E-state index in [9.17, 15) is 0 Å². The van der Waals surface area contributed by atoms with Gasteiger partial charge in [-0.1, -0.05) is 0 Å². The molecule has 56 valence electrons. The molecule has 0 aromatic carbocycles. The van der Waals surface area contributed by atoms with Crippen LogP contribution in [0.1, 0.15) is 6.42 Å². The summed E-state index contributed by atoms with van der Waals surface area (Å²) in [6, 6.07) is 0. The maximum absolute atomic E-state index is 5.22. The van der Waals surface area contributed by atoms with Gasteiger partial charge in [-0.05, 0) is 0 Å². The standard InChI is InChI=1S/C6H13INO/c1-7-8-4-3-6(5-8)9-2/h6H,3-5H2,1-2H3/q-1. The fourth-order valence-electron chi connectivity index (χ4n) is 1.03. The number of ether oxygens (including phenoxy) is 1. The van der Waals surface area contributed by atoms with Crippen LogP contribution in [-0.2, 0) is 4.74 Å². The topological polar surface area (TPSA) is 12.5 Å². The predicted molar refractivity (Wildman–Crippen MR) is 32.9 cm³/mol. The number of hydrogen-bond acceptors (Lipinski definition) is 2. The van der Waals surface area contributed by atoms with Gasteiger partial charge in [0.05, 0.1) is 0 Å². The van der Waals surface area contributed by atoms with Crippen molar-refractivity contribution in [2.45, 2.75) is 12.5 Å². The van der Waals surface area contributed by atoms with Gasteiger partial charge in [-0.15, -0.1) is 0 Å². The summed E-state index contributed by atoms with van der Waals surface area (Å²) in [7, 11) is 1.81. The number of methoxy groups -OCH3 is 1. The molecule has 3 heteroatoms. The molecular formula is C6H13INO-. The van der Waals surface area contributed by atoms with Crippen LogP contribution in [0.2, 0.25) is 0 Å². The first-order valence-corrected chi connectivity index (χ1v) is 6.26. The molecule has 1 aliphatic heterocycles. The van der Waals surface area contributed by atoms with Gasteiger partial charge in [0.1, 0.15) is 0 Å². The van der Waals surface area contributed by atoms with Gasteiger partial charge in [0.15, 0.2) is 0 Å². The monoisotopic (exact) mass is 242 g/mol. The van der Waals surface area contributed by atoms with E-state index in [4.69, 9.17) is 4.74 Å². The zero-order valence-electron chi connectivity index (χ0n) is 5.93. The summed E-state index contributed by atoms with van der Waals surface area (Å²) in [5.74, 6) is 0. The van der Waals surface area contributed by atoms with Gasteiger partial charge in [0, 0.05) is 0 Å². The van der Waals surface area contributed by atoms with E-state index in [0.29, 0.717) is 27.6 Å². The van der Waals surface area contributed by atoms with Crippen molar-refractivity contribution in [2.24, 2.45) is 0 Å². The first kappa shape index (κ1) is 7.75. The molecule has 1 fully saturated rings. The van der Waals surface area contributed by atoms with E-state index in [1.807, 2.05) is 7.11 Å². The third-order valence-electron chi connectivity index (χ3n) is 1.67. The second kappa shape index (κ2) is 3.73. The molecule has 0 saturated carbocycles. The van der Waals surface area contributed by atoms with E-state index in [1.165, 1.54) is 19.5 Å². The summed E-state index contributed by atoms with van der Waals surface area (Å²) in [4.78, 5) is 2.30. The molecule has 0 aromatic rings. The Morgan fingerprint density at radius 3 is 2.78 bits per heavy atom. The van der Waals surface area contributed by atoms with Crippen molar-refractivity contribution in [2.75, 3.05) is 25.1 Å². The molecule has 1 atom stereocenters. The third kappa shape index (κ3) is 2.05. The van der Waals surface area contributed by atoms with Crippen molar-refractivity contribution in [1.82, 2.24) is 3.11 Å². The minimum atomic E-state index is 0.324. The molecule has 1 heterocycles. The maximum atomic E-state index is 5.22. The molecule has 0 N–H and O–H groups in total. The Hall–Kier alpha value is 0.650. The summed E-state index contributed by atoms with van der Waals surface area (Å²) < 4.78 is 7.74. The number of hydrogen-bond donors (Lipinski definition) is 0. The van der Waals surface area contributed by atoms with Crippen LogP contribution in [-0.4, -0.2) is 34.3 Å². The van der Waals surface area contributed by atoms with Crippen molar-refractivity contribution in [3.05, 3.63) is 0 Å². The van der Waals surface area contributed by atoms with E-state index in [-0.39, 0.29) is 0 Å². The number of nitrogens with zero attached hydrogens (tertiary/aromatic N) is 1. The summed E-state index contributed by atoms with van der Waals surface area (Å²) in [5.41, 5.74) is 0. The number of rotatable bonds is 2. The first-order chi connectivity index (χ1) is 4.36. The average Bonchev–Trinajstić information content (AvgIpc) is 2.34. The van der Waals surface area contributed by atoms with Gasteiger partial charge in [-0.25, -0.2) is 0 Å². The molecule has 0 amide bonds. The molecule has 1 saturated heterocycles. The first-order valence-electron chi connectivity index (χ1n) is 3.14. The second-order valence-electron chi connectivity index (χ2n) is 2.18. The van der Waals surface area contributed by atoms with Crippen LogP contribution in [0.25, 0.3) is 0 Å². The minimum absolute atomic E-state index is 0.324. The molecule has 2 nitrogen and oxygen atoms in total. The van der Waals surface area contributed by atoms with Gasteiger partial charge in [-0.3, -0.25) is 0 Å². The molecule has 1 aliphatic rings. The van der Waals surface area contributed by atoms with Gasteiger partial charge < -0.3 is 0 Å². The quantitative estimate of drug-likeness (QED) is 0.298. The van der Waals surface area contributed by atoms with Crippen LogP contribution in [0, 0.1) is 0 Å². The van der Waals surface area contributed by atoms with Gasteiger partial charge >= 0.3 is 67.0 Å². The molecule has 1 unspecified atom stereocenters. The molecule has 1 rings (SSSR count). The molecule has 0 aromatic heterocycles. The molecule has 0 aliphatic carbocycles. The van der Waals surface area contributed by atoms with E-state index >= 15 is 0 Å². The van der Waals surface area contributed by atoms with Crippen molar-refractivity contribution >= 4 is 0 Å². The Kier molecular flexibility index (Phi) is 3.21. The van der Waals surface area contributed by atoms with Crippen LogP contribution >= 0.6 is 0 Å².